The fourth-order valence-electron chi connectivity index (χ4n) is 7.93. The number of aliphatic hydroxyl groups excluding tert-OH is 2. The van der Waals surface area contributed by atoms with Crippen LogP contribution in [-0.4, -0.2) is 243 Å². The van der Waals surface area contributed by atoms with Crippen LogP contribution in [0.5, 0.6) is 0 Å². The second-order valence-corrected chi connectivity index (χ2v) is 19.1. The number of nitrogens with zero attached hydrogens (tertiary/aromatic N) is 2. The van der Waals surface area contributed by atoms with Crippen molar-refractivity contribution < 1.29 is 116 Å². The van der Waals surface area contributed by atoms with E-state index >= 15 is 0 Å². The zero-order valence-electron chi connectivity index (χ0n) is 48.6. The maximum Gasteiger partial charge on any atom is 0.305 e. The van der Waals surface area contributed by atoms with Gasteiger partial charge in [-0.2, -0.15) is 0 Å². The van der Waals surface area contributed by atoms with Gasteiger partial charge in [0.05, 0.1) is 118 Å². The Labute approximate surface area is 513 Å². The molecule has 34 nitrogen and oxygen atoms in total. The first-order valence-corrected chi connectivity index (χ1v) is 27.9. The maximum atomic E-state index is 13.8. The highest BCUT2D eigenvalue weighted by Gasteiger charge is 2.50. The van der Waals surface area contributed by atoms with Gasteiger partial charge < -0.3 is 91.4 Å². The van der Waals surface area contributed by atoms with Crippen molar-refractivity contribution in [3.8, 4) is 0 Å². The van der Waals surface area contributed by atoms with Crippen LogP contribution >= 0.6 is 0 Å². The molecule has 0 spiro atoms. The van der Waals surface area contributed by atoms with E-state index in [1.807, 2.05) is 0 Å². The Balaban J connectivity index is 1.08. The molecule has 0 radical (unpaired) electrons. The lowest BCUT2D eigenvalue weighted by molar-refractivity contribution is -0.156. The third kappa shape index (κ3) is 26.9. The summed E-state index contributed by atoms with van der Waals surface area (Å²) in [5.74, 6) is -13.3. The molecule has 0 saturated heterocycles. The van der Waals surface area contributed by atoms with Crippen molar-refractivity contribution in [1.82, 2.24) is 41.7 Å². The monoisotopic (exact) mass is 1270 g/mol. The number of imide groups is 2. The van der Waals surface area contributed by atoms with Gasteiger partial charge in [-0.25, -0.2) is 0 Å². The molecule has 0 saturated carbocycles. The second kappa shape index (κ2) is 40.2. The van der Waals surface area contributed by atoms with Crippen LogP contribution in [0.3, 0.4) is 0 Å². The summed E-state index contributed by atoms with van der Waals surface area (Å²) < 4.78 is 32.6. The first-order valence-electron chi connectivity index (χ1n) is 27.9. The lowest BCUT2D eigenvalue weighted by Crippen LogP contribution is -2.66. The Morgan fingerprint density at radius 1 is 0.389 bits per heavy atom. The van der Waals surface area contributed by atoms with E-state index in [1.165, 1.54) is 24.3 Å². The molecule has 0 bridgehead atoms. The lowest BCUT2D eigenvalue weighted by Gasteiger charge is -2.35. The predicted molar refractivity (Wildman–Crippen MR) is 306 cm³/mol. The van der Waals surface area contributed by atoms with E-state index in [0.29, 0.717) is 32.3 Å². The molecule has 4 unspecified atom stereocenters. The van der Waals surface area contributed by atoms with Crippen molar-refractivity contribution in [2.24, 2.45) is 0 Å². The predicted octanol–water partition coefficient (Wildman–Crippen LogP) is -4.90. The molecule has 2 aliphatic rings. The Bertz CT molecular complexity index is 2660. The van der Waals surface area contributed by atoms with Crippen LogP contribution in [0.2, 0.25) is 0 Å². The zero-order chi connectivity index (χ0) is 65.8. The summed E-state index contributed by atoms with van der Waals surface area (Å²) in [6.45, 7) is -2.09. The molecule has 2 aliphatic heterocycles. The topological polar surface area (TPSA) is 478 Å². The minimum Gasteiger partial charge on any atom is -0.481 e. The standard InChI is InChI=1S/C56H72N10O24/c67-33-35-1-5-37(6-2-35)61-53(81)39(29-49(77)78)63-43(71)31-59-41(69)13-17-85-21-25-89-27-23-87-19-15-57-55(83)51(65-45(73)9-10-46(65)74)52(66-47(75)11-12-48(66)76)56(84)58-16-20-88-24-28-90-26-22-86-18-14-42(70)60-32-44(72)64-40(30-50(79)80)54(82)62-38-7-3-36(34-68)4-8-38/h1-12,39-40,51-52,67-68H,13-34H2,(H,57,83)(H,58,84)(H,59,69)(H,60,70)(H,61,81)(H,62,82)(H,63,71)(H,64,72)(H,77,78)(H,79,80). The largest absolute Gasteiger partial charge is 0.481 e. The first kappa shape index (κ1) is 73.1. The molecule has 12 N–H and O–H groups in total. The number of aliphatic carboxylic acids is 2. The molecule has 4 rings (SSSR count). The minimum atomic E-state index is -2.04. The van der Waals surface area contributed by atoms with Gasteiger partial charge in [0.15, 0.2) is 0 Å². The van der Waals surface area contributed by atoms with Gasteiger partial charge in [0, 0.05) is 61.6 Å². The van der Waals surface area contributed by atoms with Crippen LogP contribution in [0, 0.1) is 0 Å². The fraction of sp³-hybridized carbons (Fsp3) is 0.464. The summed E-state index contributed by atoms with van der Waals surface area (Å²) in [6.07, 6.45) is 1.62. The van der Waals surface area contributed by atoms with Gasteiger partial charge in [0.2, 0.25) is 47.3 Å². The number of amides is 12. The Hall–Kier alpha value is -9.42. The van der Waals surface area contributed by atoms with Gasteiger partial charge in [0.25, 0.3) is 23.6 Å². The molecule has 4 atom stereocenters. The molecule has 0 aliphatic carbocycles. The SMILES string of the molecule is O=C(O)CC(NC(=O)CNC(=O)CCOCCOCCOCCNC(=O)C(C(C(=O)NCCOCCOCCOCCC(=O)NCC(=O)NC(CC(=O)O)C(=O)Nc1ccc(CO)cc1)N1C(=O)C=CC1=O)N1C(=O)C=CC1=O)C(=O)Nc1ccc(CO)cc1. The van der Waals surface area contributed by atoms with Gasteiger partial charge >= 0.3 is 11.9 Å². The highest BCUT2D eigenvalue weighted by atomic mass is 16.5. The molecule has 2 heterocycles. The van der Waals surface area contributed by atoms with Gasteiger partial charge in [-0.1, -0.05) is 24.3 Å². The number of carbonyl (C=O) groups excluding carboxylic acids is 12. The molecule has 34 heteroatoms. The normalized spacial score (nSPS) is 13.9. The summed E-state index contributed by atoms with van der Waals surface area (Å²) in [6, 6.07) is 5.15. The summed E-state index contributed by atoms with van der Waals surface area (Å²) in [4.78, 5) is 178. The molecule has 12 amide bonds. The Morgan fingerprint density at radius 2 is 0.689 bits per heavy atom. The highest BCUT2D eigenvalue weighted by molar-refractivity contribution is 6.19. The van der Waals surface area contributed by atoms with E-state index < -0.39 is 133 Å². The Kier molecular flexibility index (Phi) is 32.6. The number of ether oxygens (including phenoxy) is 6. The quantitative estimate of drug-likeness (QED) is 0.0218. The van der Waals surface area contributed by atoms with E-state index in [1.54, 1.807) is 24.3 Å². The van der Waals surface area contributed by atoms with Crippen LogP contribution < -0.4 is 42.5 Å². The van der Waals surface area contributed by atoms with E-state index in [0.717, 1.165) is 24.3 Å². The number of hydrogen-bond acceptors (Lipinski definition) is 22. The van der Waals surface area contributed by atoms with Gasteiger partial charge in [0.1, 0.15) is 24.2 Å². The molecule has 90 heavy (non-hydrogen) atoms. The second-order valence-electron chi connectivity index (χ2n) is 19.1. The van der Waals surface area contributed by atoms with Crippen molar-refractivity contribution in [2.45, 2.75) is 63.1 Å². The summed E-state index contributed by atoms with van der Waals surface area (Å²) in [5, 5.41) is 56.0. The number of carboxylic acid groups (broad SMARTS) is 2. The average molecular weight is 1270 g/mol. The lowest BCUT2D eigenvalue weighted by atomic mass is 10.0. The molecular formula is C56H72N10O24. The summed E-state index contributed by atoms with van der Waals surface area (Å²) in [7, 11) is 0. The molecular weight excluding hydrogens is 1200 g/mol. The van der Waals surface area contributed by atoms with Crippen LogP contribution in [-0.2, 0) is 109 Å². The molecule has 2 aromatic carbocycles. The number of rotatable bonds is 45. The number of carboxylic acids is 2. The highest BCUT2D eigenvalue weighted by Crippen LogP contribution is 2.21. The molecule has 490 valence electrons. The number of nitrogens with one attached hydrogen (secondary N) is 8. The minimum absolute atomic E-state index is 0.00758. The summed E-state index contributed by atoms with van der Waals surface area (Å²) >= 11 is 0. The number of aliphatic hydroxyl groups is 2. The van der Waals surface area contributed by atoms with Crippen LogP contribution in [0.4, 0.5) is 11.4 Å². The van der Waals surface area contributed by atoms with E-state index in [2.05, 4.69) is 42.5 Å². The third-order valence-corrected chi connectivity index (χ3v) is 12.4. The van der Waals surface area contributed by atoms with Crippen molar-refractivity contribution >= 4 is 94.2 Å². The smallest absolute Gasteiger partial charge is 0.305 e. The van der Waals surface area contributed by atoms with Crippen molar-refractivity contribution in [2.75, 3.05) is 116 Å². The molecule has 0 aromatic heterocycles. The fourth-order valence-corrected chi connectivity index (χ4v) is 7.93. The van der Waals surface area contributed by atoms with Gasteiger partial charge in [-0.05, 0) is 35.4 Å². The van der Waals surface area contributed by atoms with E-state index in [9.17, 15) is 87.5 Å². The average Bonchev–Trinajstić information content (AvgIpc) is 1.65. The van der Waals surface area contributed by atoms with Crippen LogP contribution in [0.25, 0.3) is 0 Å². The summed E-state index contributed by atoms with van der Waals surface area (Å²) in [5.41, 5.74) is 1.76. The number of anilines is 2. The van der Waals surface area contributed by atoms with E-state index in [4.69, 9.17) is 28.4 Å². The maximum absolute atomic E-state index is 13.8. The van der Waals surface area contributed by atoms with Crippen LogP contribution in [0.15, 0.2) is 72.8 Å². The van der Waals surface area contributed by atoms with Gasteiger partial charge in [-0.3, -0.25) is 76.9 Å². The number of carbonyl (C=O) groups is 14. The Morgan fingerprint density at radius 3 is 0.989 bits per heavy atom. The zero-order valence-corrected chi connectivity index (χ0v) is 48.6. The van der Waals surface area contributed by atoms with Crippen molar-refractivity contribution in [3.05, 3.63) is 84.0 Å². The molecule has 0 fully saturated rings. The van der Waals surface area contributed by atoms with Crippen molar-refractivity contribution in [1.29, 1.82) is 0 Å². The van der Waals surface area contributed by atoms with Gasteiger partial charge in [-0.15, -0.1) is 0 Å². The van der Waals surface area contributed by atoms with Crippen LogP contribution in [0.1, 0.15) is 36.8 Å². The van der Waals surface area contributed by atoms with Crippen molar-refractivity contribution in [3.63, 3.8) is 0 Å². The third-order valence-electron chi connectivity index (χ3n) is 12.4. The number of benzene rings is 2. The number of hydrogen-bond donors (Lipinski definition) is 12. The van der Waals surface area contributed by atoms with E-state index in [-0.39, 0.29) is 118 Å². The molecule has 2 aromatic rings. The first-order chi connectivity index (χ1) is 43.2.